The number of hydrogen-bond acceptors (Lipinski definition) is 5. The molecule has 0 atom stereocenters. The summed E-state index contributed by atoms with van der Waals surface area (Å²) in [6, 6.07) is 3.27. The van der Waals surface area contributed by atoms with Crippen LogP contribution in [0.2, 0.25) is 0 Å². The first-order valence-corrected chi connectivity index (χ1v) is 8.05. The molecular formula is C15H20BrN3O4. The molecule has 1 amide bonds. The minimum atomic E-state index is -0.518. The topological polar surface area (TPSA) is 84.7 Å². The number of rotatable bonds is 3. The molecule has 7 nitrogen and oxygen atoms in total. The molecule has 0 saturated carbocycles. The van der Waals surface area contributed by atoms with Gasteiger partial charge in [-0.05, 0) is 49.7 Å². The van der Waals surface area contributed by atoms with Gasteiger partial charge in [-0.1, -0.05) is 0 Å². The fraction of sp³-hybridized carbons (Fsp3) is 0.533. The molecule has 1 aliphatic rings. The van der Waals surface area contributed by atoms with Crippen LogP contribution in [-0.2, 0) is 4.74 Å². The van der Waals surface area contributed by atoms with E-state index in [1.54, 1.807) is 17.9 Å². The standard InChI is InChI=1S/C15H20BrN3O4/c1-9-5-11(16)12(6-13(9)19(21)22)17-10-7-18(8-10)14(20)23-15(2,3)4/h5-6,10,17H,7-8H2,1-4H3. The zero-order valence-electron chi connectivity index (χ0n) is 13.6. The number of ether oxygens (including phenoxy) is 1. The number of carbonyl (C=O) groups is 1. The van der Waals surface area contributed by atoms with Crippen LogP contribution in [-0.4, -0.2) is 40.6 Å². The molecule has 1 saturated heterocycles. The summed E-state index contributed by atoms with van der Waals surface area (Å²) in [5, 5.41) is 14.2. The van der Waals surface area contributed by atoms with Crippen molar-refractivity contribution < 1.29 is 14.5 Å². The first-order chi connectivity index (χ1) is 10.6. The van der Waals surface area contributed by atoms with Crippen molar-refractivity contribution in [2.45, 2.75) is 39.3 Å². The van der Waals surface area contributed by atoms with Gasteiger partial charge in [-0.3, -0.25) is 10.1 Å². The average Bonchev–Trinajstić information content (AvgIpc) is 2.32. The highest BCUT2D eigenvalue weighted by Crippen LogP contribution is 2.32. The lowest BCUT2D eigenvalue weighted by molar-refractivity contribution is -0.385. The first kappa shape index (κ1) is 17.5. The molecule has 1 aliphatic heterocycles. The number of hydrogen-bond donors (Lipinski definition) is 1. The minimum Gasteiger partial charge on any atom is -0.444 e. The molecule has 1 N–H and O–H groups in total. The SMILES string of the molecule is Cc1cc(Br)c(NC2CN(C(=O)OC(C)(C)C)C2)cc1[N+](=O)[O-]. The van der Waals surface area contributed by atoms with E-state index in [4.69, 9.17) is 4.74 Å². The third-order valence-corrected chi connectivity index (χ3v) is 4.03. The highest BCUT2D eigenvalue weighted by molar-refractivity contribution is 9.10. The summed E-state index contributed by atoms with van der Waals surface area (Å²) in [5.74, 6) is 0. The summed E-state index contributed by atoms with van der Waals surface area (Å²) in [5.41, 5.74) is 0.794. The van der Waals surface area contributed by atoms with Crippen LogP contribution in [0.25, 0.3) is 0 Å². The summed E-state index contributed by atoms with van der Waals surface area (Å²) in [6.07, 6.45) is -0.343. The molecule has 1 heterocycles. The molecule has 1 fully saturated rings. The number of nitro groups is 1. The Morgan fingerprint density at radius 1 is 1.43 bits per heavy atom. The lowest BCUT2D eigenvalue weighted by Crippen LogP contribution is -2.57. The molecule has 0 bridgehead atoms. The van der Waals surface area contributed by atoms with Crippen molar-refractivity contribution in [2.75, 3.05) is 18.4 Å². The molecule has 0 aliphatic carbocycles. The van der Waals surface area contributed by atoms with Crippen molar-refractivity contribution in [1.82, 2.24) is 4.90 Å². The van der Waals surface area contributed by atoms with Gasteiger partial charge in [0, 0.05) is 29.2 Å². The number of halogens is 1. The van der Waals surface area contributed by atoms with Gasteiger partial charge >= 0.3 is 6.09 Å². The Morgan fingerprint density at radius 2 is 2.04 bits per heavy atom. The zero-order valence-corrected chi connectivity index (χ0v) is 15.1. The lowest BCUT2D eigenvalue weighted by Gasteiger charge is -2.40. The number of amides is 1. The van der Waals surface area contributed by atoms with Crippen LogP contribution >= 0.6 is 15.9 Å². The lowest BCUT2D eigenvalue weighted by atomic mass is 10.1. The monoisotopic (exact) mass is 385 g/mol. The maximum atomic E-state index is 11.9. The number of nitrogens with zero attached hydrogens (tertiary/aromatic N) is 2. The van der Waals surface area contributed by atoms with Crippen molar-refractivity contribution in [1.29, 1.82) is 0 Å². The molecule has 1 aromatic carbocycles. The van der Waals surface area contributed by atoms with Crippen LogP contribution in [0.5, 0.6) is 0 Å². The van der Waals surface area contributed by atoms with E-state index in [9.17, 15) is 14.9 Å². The molecule has 23 heavy (non-hydrogen) atoms. The molecular weight excluding hydrogens is 366 g/mol. The van der Waals surface area contributed by atoms with Gasteiger partial charge in [0.15, 0.2) is 0 Å². The van der Waals surface area contributed by atoms with Crippen molar-refractivity contribution in [3.63, 3.8) is 0 Å². The Balaban J connectivity index is 1.97. The maximum Gasteiger partial charge on any atom is 0.410 e. The fourth-order valence-corrected chi connectivity index (χ4v) is 2.81. The van der Waals surface area contributed by atoms with Gasteiger partial charge in [0.1, 0.15) is 5.60 Å². The fourth-order valence-electron chi connectivity index (χ4n) is 2.23. The van der Waals surface area contributed by atoms with E-state index in [0.29, 0.717) is 24.3 Å². The Kier molecular flexibility index (Phi) is 4.84. The largest absolute Gasteiger partial charge is 0.444 e. The van der Waals surface area contributed by atoms with E-state index in [-0.39, 0.29) is 17.8 Å². The number of aryl methyl sites for hydroxylation is 1. The molecule has 8 heteroatoms. The number of benzene rings is 1. The van der Waals surface area contributed by atoms with Gasteiger partial charge in [0.25, 0.3) is 5.69 Å². The van der Waals surface area contributed by atoms with Gasteiger partial charge in [-0.2, -0.15) is 0 Å². The number of likely N-dealkylation sites (tertiary alicyclic amines) is 1. The number of carbonyl (C=O) groups excluding carboxylic acids is 1. The van der Waals surface area contributed by atoms with Crippen molar-refractivity contribution in [2.24, 2.45) is 0 Å². The van der Waals surface area contributed by atoms with E-state index in [0.717, 1.165) is 4.47 Å². The summed E-state index contributed by atoms with van der Waals surface area (Å²) in [6.45, 7) is 8.17. The molecule has 2 rings (SSSR count). The van der Waals surface area contributed by atoms with Crippen LogP contribution in [0.4, 0.5) is 16.2 Å². The second-order valence-corrected chi connectivity index (χ2v) is 7.46. The van der Waals surface area contributed by atoms with Crippen molar-refractivity contribution in [3.8, 4) is 0 Å². The normalized spacial score (nSPS) is 15.1. The van der Waals surface area contributed by atoms with Crippen molar-refractivity contribution >= 4 is 33.4 Å². The Bertz CT molecular complexity index is 636. The van der Waals surface area contributed by atoms with Gasteiger partial charge in [0.05, 0.1) is 16.7 Å². The van der Waals surface area contributed by atoms with E-state index in [1.807, 2.05) is 20.8 Å². The summed E-state index contributed by atoms with van der Waals surface area (Å²) in [4.78, 5) is 24.1. The van der Waals surface area contributed by atoms with Crippen molar-refractivity contribution in [3.05, 3.63) is 32.3 Å². The van der Waals surface area contributed by atoms with E-state index in [1.165, 1.54) is 6.07 Å². The zero-order chi connectivity index (χ0) is 17.4. The molecule has 0 unspecified atom stereocenters. The molecule has 0 aromatic heterocycles. The van der Waals surface area contributed by atoms with Crippen LogP contribution in [0.3, 0.4) is 0 Å². The molecule has 0 spiro atoms. The molecule has 1 aromatic rings. The van der Waals surface area contributed by atoms with Gasteiger partial charge in [-0.15, -0.1) is 0 Å². The molecule has 0 radical (unpaired) electrons. The van der Waals surface area contributed by atoms with E-state index in [2.05, 4.69) is 21.2 Å². The second kappa shape index (κ2) is 6.35. The summed E-state index contributed by atoms with van der Waals surface area (Å²) >= 11 is 3.41. The van der Waals surface area contributed by atoms with E-state index < -0.39 is 10.5 Å². The van der Waals surface area contributed by atoms with E-state index >= 15 is 0 Å². The van der Waals surface area contributed by atoms with Gasteiger partial charge < -0.3 is 15.0 Å². The summed E-state index contributed by atoms with van der Waals surface area (Å²) in [7, 11) is 0. The number of nitrogens with one attached hydrogen (secondary N) is 1. The van der Waals surface area contributed by atoms with Gasteiger partial charge in [0.2, 0.25) is 0 Å². The minimum absolute atomic E-state index is 0.0427. The van der Waals surface area contributed by atoms with Crippen LogP contribution in [0, 0.1) is 17.0 Å². The third-order valence-electron chi connectivity index (χ3n) is 3.38. The van der Waals surface area contributed by atoms with Crippen LogP contribution < -0.4 is 5.32 Å². The smallest absolute Gasteiger partial charge is 0.410 e. The summed E-state index contributed by atoms with van der Waals surface area (Å²) < 4.78 is 6.05. The predicted octanol–water partition coefficient (Wildman–Crippen LogP) is 3.70. The Morgan fingerprint density at radius 3 is 2.57 bits per heavy atom. The second-order valence-electron chi connectivity index (χ2n) is 6.60. The highest BCUT2D eigenvalue weighted by atomic mass is 79.9. The average molecular weight is 386 g/mol. The first-order valence-electron chi connectivity index (χ1n) is 7.26. The maximum absolute atomic E-state index is 11.9. The third kappa shape index (κ3) is 4.34. The highest BCUT2D eigenvalue weighted by Gasteiger charge is 2.34. The Hall–Kier alpha value is -1.83. The molecule has 126 valence electrons. The quantitative estimate of drug-likeness (QED) is 0.633. The number of anilines is 1. The number of nitro benzene ring substituents is 1. The van der Waals surface area contributed by atoms with Gasteiger partial charge in [-0.25, -0.2) is 4.79 Å². The predicted molar refractivity (Wildman–Crippen MR) is 90.8 cm³/mol. The Labute approximate surface area is 143 Å². The van der Waals surface area contributed by atoms with Crippen LogP contribution in [0.15, 0.2) is 16.6 Å². The van der Waals surface area contributed by atoms with Crippen LogP contribution in [0.1, 0.15) is 26.3 Å².